The maximum atomic E-state index is 13.4. The molecule has 5 aliphatic rings. The lowest BCUT2D eigenvalue weighted by Crippen LogP contribution is -3.00. The van der Waals surface area contributed by atoms with Crippen LogP contribution >= 0.6 is 0 Å². The Morgan fingerprint density at radius 3 is 1.83 bits per heavy atom. The van der Waals surface area contributed by atoms with Crippen LogP contribution in [-0.2, 0) is 32.2 Å². The van der Waals surface area contributed by atoms with Crippen LogP contribution < -0.4 is 52.9 Å². The highest BCUT2D eigenvalue weighted by molar-refractivity contribution is 5.68. The van der Waals surface area contributed by atoms with Gasteiger partial charge in [-0.1, -0.05) is 46.8 Å². The van der Waals surface area contributed by atoms with Gasteiger partial charge in [0.25, 0.3) is 0 Å². The first-order valence-corrected chi connectivity index (χ1v) is 21.7. The summed E-state index contributed by atoms with van der Waals surface area (Å²) in [4.78, 5) is 30.9. The standard InChI is InChI=1S/C48H72N4O4.2BrH/c1-33(2)36-14-23-48(32-55-41(53)30-51-26-17-34(18-27-51)49(8)9)25-24-46(6)37(43(36)48)12-13-39-45(5)21-16-40(44(3,4)38(45)15-22-47(39,46)7)56-42(54)31-52-28-19-35(20-29-52)50(10)11;;/h17-20,26-29,36-40,43H,1,12-16,21-25,30-32H2,2-11H3;2*1H/q+2;;/p-2/t36-,37+,38-,39+,40-,43+,45-,46+,47+,48+;;/m0../s1. The van der Waals surface area contributed by atoms with Gasteiger partial charge in [0, 0.05) is 74.7 Å². The molecule has 7 rings (SSSR count). The number of carbonyl (C=O) groups is 2. The summed E-state index contributed by atoms with van der Waals surface area (Å²) in [5.74, 6) is 2.40. The largest absolute Gasteiger partial charge is 1.00 e. The zero-order valence-electron chi connectivity index (χ0n) is 37.2. The maximum absolute atomic E-state index is 13.4. The van der Waals surface area contributed by atoms with Crippen molar-refractivity contribution >= 4 is 23.3 Å². The molecule has 2 aromatic rings. The summed E-state index contributed by atoms with van der Waals surface area (Å²) in [5.41, 5.74) is 4.07. The van der Waals surface area contributed by atoms with Crippen molar-refractivity contribution in [3.8, 4) is 0 Å². The summed E-state index contributed by atoms with van der Waals surface area (Å²) >= 11 is 0. The molecule has 0 aliphatic heterocycles. The van der Waals surface area contributed by atoms with Gasteiger partial charge in [0.1, 0.15) is 6.10 Å². The van der Waals surface area contributed by atoms with E-state index in [4.69, 9.17) is 9.47 Å². The molecule has 0 spiro atoms. The highest BCUT2D eigenvalue weighted by Crippen LogP contribution is 2.77. The highest BCUT2D eigenvalue weighted by atomic mass is 79.9. The topological polar surface area (TPSA) is 66.8 Å². The molecule has 58 heavy (non-hydrogen) atoms. The van der Waals surface area contributed by atoms with Gasteiger partial charge in [-0.05, 0) is 117 Å². The molecule has 5 aliphatic carbocycles. The van der Waals surface area contributed by atoms with E-state index in [0.29, 0.717) is 36.2 Å². The van der Waals surface area contributed by atoms with Crippen LogP contribution in [0.1, 0.15) is 106 Å². The Morgan fingerprint density at radius 2 is 1.28 bits per heavy atom. The molecule has 322 valence electrons. The second-order valence-corrected chi connectivity index (χ2v) is 20.8. The Balaban J connectivity index is 0.00000320. The number of hydrogen-bond acceptors (Lipinski definition) is 6. The number of fused-ring (bicyclic) bond motifs is 7. The number of pyridine rings is 2. The van der Waals surface area contributed by atoms with Crippen LogP contribution in [0.15, 0.2) is 61.2 Å². The van der Waals surface area contributed by atoms with E-state index in [9.17, 15) is 9.59 Å². The molecular weight excluding hydrogens is 856 g/mol. The molecule has 0 bridgehead atoms. The number of carbonyl (C=O) groups excluding carboxylic acids is 2. The van der Waals surface area contributed by atoms with Crippen LogP contribution in [0.4, 0.5) is 11.4 Å². The molecule has 0 unspecified atom stereocenters. The second-order valence-electron chi connectivity index (χ2n) is 20.8. The number of ether oxygens (including phenoxy) is 2. The van der Waals surface area contributed by atoms with Gasteiger partial charge in [0.05, 0.1) is 6.61 Å². The van der Waals surface area contributed by atoms with Crippen LogP contribution in [-0.4, -0.2) is 52.8 Å². The zero-order valence-corrected chi connectivity index (χ0v) is 40.3. The third kappa shape index (κ3) is 7.93. The minimum absolute atomic E-state index is 0. The number of hydrogen-bond donors (Lipinski definition) is 0. The van der Waals surface area contributed by atoms with E-state index < -0.39 is 0 Å². The molecular formula is C48H72Br2N4O4. The molecule has 8 nitrogen and oxygen atoms in total. The lowest BCUT2D eigenvalue weighted by atomic mass is 9.32. The first kappa shape index (κ1) is 46.6. The van der Waals surface area contributed by atoms with Crippen LogP contribution in [0.2, 0.25) is 0 Å². The fraction of sp³-hybridized carbons (Fsp3) is 0.708. The van der Waals surface area contributed by atoms with Gasteiger partial charge in [0.15, 0.2) is 24.8 Å². The number of esters is 2. The summed E-state index contributed by atoms with van der Waals surface area (Å²) in [6.45, 7) is 20.6. The average molecular weight is 929 g/mol. The molecule has 0 amide bonds. The van der Waals surface area contributed by atoms with Crippen molar-refractivity contribution in [1.29, 1.82) is 0 Å². The van der Waals surface area contributed by atoms with Crippen LogP contribution in [0.25, 0.3) is 0 Å². The van der Waals surface area contributed by atoms with E-state index in [1.54, 1.807) is 0 Å². The van der Waals surface area contributed by atoms with Crippen molar-refractivity contribution < 1.29 is 62.2 Å². The maximum Gasteiger partial charge on any atom is 0.372 e. The van der Waals surface area contributed by atoms with E-state index in [-0.39, 0.29) is 92.2 Å². The molecule has 0 N–H and O–H groups in total. The molecule has 10 atom stereocenters. The predicted molar refractivity (Wildman–Crippen MR) is 222 cm³/mol. The van der Waals surface area contributed by atoms with Gasteiger partial charge in [-0.2, -0.15) is 9.13 Å². The van der Waals surface area contributed by atoms with Crippen molar-refractivity contribution in [2.75, 3.05) is 44.6 Å². The van der Waals surface area contributed by atoms with Crippen molar-refractivity contribution in [1.82, 2.24) is 0 Å². The SMILES string of the molecule is C=C(C)[C@@H]1CC[C@]2(COC(=O)C[n+]3ccc(N(C)C)cc3)CC[C@]3(C)[C@H](CC[C@@H]4[C@@]5(C)CC[C@H](OC(=O)C[n+]6ccc(N(C)C)cc6)C(C)(C)[C@@H]5CC[C@]43C)[C@@H]12.[Br-].[Br-]. The molecule has 10 heteroatoms. The summed E-state index contributed by atoms with van der Waals surface area (Å²) in [6.07, 6.45) is 19.3. The first-order chi connectivity index (χ1) is 26.3. The van der Waals surface area contributed by atoms with E-state index in [2.05, 4.69) is 57.9 Å². The summed E-state index contributed by atoms with van der Waals surface area (Å²) in [5, 5.41) is 0. The molecule has 0 aromatic carbocycles. The third-order valence-electron chi connectivity index (χ3n) is 17.4. The van der Waals surface area contributed by atoms with Crippen molar-refractivity contribution in [2.45, 2.75) is 125 Å². The van der Waals surface area contributed by atoms with Crippen molar-refractivity contribution in [3.63, 3.8) is 0 Å². The van der Waals surface area contributed by atoms with Gasteiger partial charge >= 0.3 is 11.9 Å². The lowest BCUT2D eigenvalue weighted by molar-refractivity contribution is -0.686. The molecule has 2 heterocycles. The minimum atomic E-state index is -0.143. The first-order valence-electron chi connectivity index (χ1n) is 21.7. The third-order valence-corrected chi connectivity index (χ3v) is 17.4. The Labute approximate surface area is 371 Å². The average Bonchev–Trinajstić information content (AvgIpc) is 3.53. The van der Waals surface area contributed by atoms with Gasteiger partial charge in [-0.25, -0.2) is 9.59 Å². The number of allylic oxidation sites excluding steroid dienone is 1. The van der Waals surface area contributed by atoms with Gasteiger partial charge in [-0.3, -0.25) is 0 Å². The number of nitrogens with zero attached hydrogens (tertiary/aromatic N) is 4. The zero-order chi connectivity index (χ0) is 40.4. The van der Waals surface area contributed by atoms with Crippen LogP contribution in [0, 0.1) is 56.7 Å². The second kappa shape index (κ2) is 17.1. The molecule has 0 radical (unpaired) electrons. The Morgan fingerprint density at radius 1 is 0.707 bits per heavy atom. The molecule has 2 aromatic heterocycles. The Kier molecular flexibility index (Phi) is 13.8. The summed E-state index contributed by atoms with van der Waals surface area (Å²) in [6, 6.07) is 8.16. The van der Waals surface area contributed by atoms with E-state index in [0.717, 1.165) is 43.5 Å². The number of rotatable bonds is 10. The fourth-order valence-electron chi connectivity index (χ4n) is 14.2. The molecule has 0 saturated heterocycles. The number of halogens is 2. The number of anilines is 2. The smallest absolute Gasteiger partial charge is 0.372 e. The van der Waals surface area contributed by atoms with Crippen LogP contribution in [0.5, 0.6) is 0 Å². The molecule has 5 saturated carbocycles. The summed E-state index contributed by atoms with van der Waals surface area (Å²) in [7, 11) is 8.10. The monoisotopic (exact) mass is 926 g/mol. The summed E-state index contributed by atoms with van der Waals surface area (Å²) < 4.78 is 16.6. The predicted octanol–water partition coefficient (Wildman–Crippen LogP) is 2.21. The van der Waals surface area contributed by atoms with Crippen molar-refractivity contribution in [2.24, 2.45) is 56.7 Å². The lowest BCUT2D eigenvalue weighted by Gasteiger charge is -2.73. The minimum Gasteiger partial charge on any atom is -1.00 e. The van der Waals surface area contributed by atoms with Gasteiger partial charge < -0.3 is 53.2 Å². The normalized spacial score (nSPS) is 35.6. The van der Waals surface area contributed by atoms with Gasteiger partial charge in [0.2, 0.25) is 13.1 Å². The number of aromatic nitrogens is 2. The highest BCUT2D eigenvalue weighted by Gasteiger charge is 2.71. The Hall–Kier alpha value is -2.46. The van der Waals surface area contributed by atoms with E-state index >= 15 is 0 Å². The molecule has 5 fully saturated rings. The van der Waals surface area contributed by atoms with E-state index in [1.165, 1.54) is 37.7 Å². The van der Waals surface area contributed by atoms with Gasteiger partial charge in [-0.15, -0.1) is 0 Å². The fourth-order valence-corrected chi connectivity index (χ4v) is 14.2. The van der Waals surface area contributed by atoms with Crippen molar-refractivity contribution in [3.05, 3.63) is 61.2 Å². The van der Waals surface area contributed by atoms with Crippen LogP contribution in [0.3, 0.4) is 0 Å². The quantitative estimate of drug-likeness (QED) is 0.207. The Bertz CT molecular complexity index is 1800. The van der Waals surface area contributed by atoms with E-state index in [1.807, 2.05) is 86.4 Å².